The molecule has 0 saturated carbocycles. The number of para-hydroxylation sites is 1. The van der Waals surface area contributed by atoms with Gasteiger partial charge in [-0.15, -0.1) is 0 Å². The Labute approximate surface area is 110 Å². The van der Waals surface area contributed by atoms with Crippen LogP contribution >= 0.6 is 0 Å². The third-order valence-corrected chi connectivity index (χ3v) is 3.76. The van der Waals surface area contributed by atoms with Crippen molar-refractivity contribution in [2.24, 2.45) is 5.73 Å². The van der Waals surface area contributed by atoms with Gasteiger partial charge in [-0.25, -0.2) is 0 Å². The molecule has 1 saturated heterocycles. The molecular formula is C15H24N2O. The lowest BCUT2D eigenvalue weighted by molar-refractivity contribution is -0.0536. The van der Waals surface area contributed by atoms with Gasteiger partial charge in [-0.05, 0) is 45.2 Å². The van der Waals surface area contributed by atoms with Gasteiger partial charge in [-0.1, -0.05) is 18.2 Å². The first-order valence-corrected chi connectivity index (χ1v) is 6.74. The summed E-state index contributed by atoms with van der Waals surface area (Å²) < 4.78 is 5.82. The Bertz CT molecular complexity index is 395. The minimum atomic E-state index is -0.0385. The molecule has 3 nitrogen and oxygen atoms in total. The van der Waals surface area contributed by atoms with E-state index < -0.39 is 0 Å². The van der Waals surface area contributed by atoms with Crippen LogP contribution in [-0.2, 0) is 4.74 Å². The van der Waals surface area contributed by atoms with Crippen LogP contribution in [0.4, 0.5) is 5.69 Å². The van der Waals surface area contributed by atoms with Crippen LogP contribution in [-0.4, -0.2) is 24.3 Å². The van der Waals surface area contributed by atoms with E-state index in [1.165, 1.54) is 11.3 Å². The lowest BCUT2D eigenvalue weighted by Gasteiger charge is -2.43. The molecule has 2 unspecified atom stereocenters. The molecule has 2 rings (SSSR count). The first kappa shape index (κ1) is 13.4. The Hall–Kier alpha value is -1.06. The second kappa shape index (κ2) is 5.29. The molecule has 3 N–H and O–H groups in total. The van der Waals surface area contributed by atoms with Gasteiger partial charge in [-0.3, -0.25) is 0 Å². The first-order valence-electron chi connectivity index (χ1n) is 6.74. The highest BCUT2D eigenvalue weighted by atomic mass is 16.5. The summed E-state index contributed by atoms with van der Waals surface area (Å²) in [5.74, 6) is 0. The molecule has 0 spiro atoms. The van der Waals surface area contributed by atoms with Crippen LogP contribution in [0.5, 0.6) is 0 Å². The van der Waals surface area contributed by atoms with E-state index in [0.717, 1.165) is 12.8 Å². The largest absolute Gasteiger partial charge is 0.378 e. The van der Waals surface area contributed by atoms with Crippen LogP contribution in [0, 0.1) is 6.92 Å². The summed E-state index contributed by atoms with van der Waals surface area (Å²) in [6, 6.07) is 8.37. The van der Waals surface area contributed by atoms with Crippen molar-refractivity contribution in [3.63, 3.8) is 0 Å². The second-order valence-corrected chi connectivity index (χ2v) is 5.59. The number of benzene rings is 1. The highest BCUT2D eigenvalue weighted by Gasteiger charge is 2.37. The molecule has 18 heavy (non-hydrogen) atoms. The number of nitrogens with two attached hydrogens (primary N) is 1. The summed E-state index contributed by atoms with van der Waals surface area (Å²) in [6.07, 6.45) is 2.44. The maximum atomic E-state index is 6.04. The average molecular weight is 248 g/mol. The molecule has 0 bridgehead atoms. The molecule has 1 aromatic carbocycles. The van der Waals surface area contributed by atoms with Gasteiger partial charge >= 0.3 is 0 Å². The zero-order valence-electron chi connectivity index (χ0n) is 11.6. The average Bonchev–Trinajstić information content (AvgIpc) is 2.31. The van der Waals surface area contributed by atoms with E-state index in [2.05, 4.69) is 50.4 Å². The quantitative estimate of drug-likeness (QED) is 0.864. The summed E-state index contributed by atoms with van der Waals surface area (Å²) in [5.41, 5.74) is 8.45. The Morgan fingerprint density at radius 1 is 1.28 bits per heavy atom. The van der Waals surface area contributed by atoms with Crippen LogP contribution in [0.1, 0.15) is 32.3 Å². The van der Waals surface area contributed by atoms with Crippen LogP contribution in [0.25, 0.3) is 0 Å². The van der Waals surface area contributed by atoms with Crippen molar-refractivity contribution in [1.82, 2.24) is 0 Å². The molecule has 0 radical (unpaired) electrons. The third kappa shape index (κ3) is 2.85. The monoisotopic (exact) mass is 248 g/mol. The van der Waals surface area contributed by atoms with Gasteiger partial charge in [0.2, 0.25) is 0 Å². The lowest BCUT2D eigenvalue weighted by atomic mass is 9.83. The Morgan fingerprint density at radius 2 is 1.89 bits per heavy atom. The molecule has 1 fully saturated rings. The standard InChI is InChI=1S/C15H24N2O/c1-11-6-4-5-7-14(11)17-15(10-16)8-12(2)18-13(3)9-15/h4-7,12-13,17H,8-10,16H2,1-3H3. The maximum absolute atomic E-state index is 6.04. The van der Waals surface area contributed by atoms with Crippen LogP contribution in [0.3, 0.4) is 0 Å². The third-order valence-electron chi connectivity index (χ3n) is 3.76. The molecule has 0 amide bonds. The predicted molar refractivity (Wildman–Crippen MR) is 75.8 cm³/mol. The number of hydrogen-bond donors (Lipinski definition) is 2. The number of hydrogen-bond acceptors (Lipinski definition) is 3. The summed E-state index contributed by atoms with van der Waals surface area (Å²) in [4.78, 5) is 0. The van der Waals surface area contributed by atoms with Gasteiger partial charge in [0.15, 0.2) is 0 Å². The van der Waals surface area contributed by atoms with Crippen LogP contribution < -0.4 is 11.1 Å². The Kier molecular flexibility index (Phi) is 3.93. The molecule has 1 aromatic rings. The fraction of sp³-hybridized carbons (Fsp3) is 0.600. The van der Waals surface area contributed by atoms with Crippen LogP contribution in [0.15, 0.2) is 24.3 Å². The molecule has 100 valence electrons. The number of nitrogens with one attached hydrogen (secondary N) is 1. The van der Waals surface area contributed by atoms with Crippen molar-refractivity contribution in [3.8, 4) is 0 Å². The zero-order valence-corrected chi connectivity index (χ0v) is 11.6. The number of aryl methyl sites for hydroxylation is 1. The smallest absolute Gasteiger partial charge is 0.0573 e. The Morgan fingerprint density at radius 3 is 2.44 bits per heavy atom. The number of anilines is 1. The van der Waals surface area contributed by atoms with Crippen LogP contribution in [0.2, 0.25) is 0 Å². The van der Waals surface area contributed by atoms with Gasteiger partial charge < -0.3 is 15.8 Å². The topological polar surface area (TPSA) is 47.3 Å². The summed E-state index contributed by atoms with van der Waals surface area (Å²) in [7, 11) is 0. The molecule has 0 aliphatic carbocycles. The van der Waals surface area contributed by atoms with Crippen molar-refractivity contribution < 1.29 is 4.74 Å². The first-order chi connectivity index (χ1) is 8.54. The molecule has 3 heteroatoms. The Balaban J connectivity index is 2.20. The minimum Gasteiger partial charge on any atom is -0.378 e. The normalized spacial score (nSPS) is 32.2. The van der Waals surface area contributed by atoms with Crippen molar-refractivity contribution >= 4 is 5.69 Å². The highest BCUT2D eigenvalue weighted by molar-refractivity contribution is 5.52. The van der Waals surface area contributed by atoms with E-state index in [-0.39, 0.29) is 17.7 Å². The zero-order chi connectivity index (χ0) is 13.2. The van der Waals surface area contributed by atoms with Gasteiger partial charge in [0.1, 0.15) is 0 Å². The van der Waals surface area contributed by atoms with Gasteiger partial charge in [0.25, 0.3) is 0 Å². The molecule has 1 aliphatic rings. The van der Waals surface area contributed by atoms with E-state index in [4.69, 9.17) is 10.5 Å². The van der Waals surface area contributed by atoms with Crippen molar-refractivity contribution in [1.29, 1.82) is 0 Å². The van der Waals surface area contributed by atoms with Crippen molar-refractivity contribution in [3.05, 3.63) is 29.8 Å². The lowest BCUT2D eigenvalue weighted by Crippen LogP contribution is -2.53. The molecule has 1 heterocycles. The summed E-state index contributed by atoms with van der Waals surface area (Å²) in [6.45, 7) is 7.01. The molecule has 0 aromatic heterocycles. The summed E-state index contributed by atoms with van der Waals surface area (Å²) >= 11 is 0. The fourth-order valence-electron chi connectivity index (χ4n) is 3.00. The van der Waals surface area contributed by atoms with E-state index in [0.29, 0.717) is 6.54 Å². The number of rotatable bonds is 3. The van der Waals surface area contributed by atoms with E-state index in [1.54, 1.807) is 0 Å². The van der Waals surface area contributed by atoms with Gasteiger partial charge in [0.05, 0.1) is 17.7 Å². The van der Waals surface area contributed by atoms with Crippen molar-refractivity contribution in [2.75, 3.05) is 11.9 Å². The maximum Gasteiger partial charge on any atom is 0.0573 e. The van der Waals surface area contributed by atoms with E-state index in [1.807, 2.05) is 0 Å². The van der Waals surface area contributed by atoms with E-state index >= 15 is 0 Å². The molecular weight excluding hydrogens is 224 g/mol. The molecule has 1 aliphatic heterocycles. The van der Waals surface area contributed by atoms with Gasteiger partial charge in [0, 0.05) is 12.2 Å². The highest BCUT2D eigenvalue weighted by Crippen LogP contribution is 2.32. The second-order valence-electron chi connectivity index (χ2n) is 5.59. The SMILES string of the molecule is Cc1ccccc1NC1(CN)CC(C)OC(C)C1. The minimum absolute atomic E-state index is 0.0385. The van der Waals surface area contributed by atoms with Gasteiger partial charge in [-0.2, -0.15) is 0 Å². The summed E-state index contributed by atoms with van der Waals surface area (Å²) in [5, 5.41) is 3.67. The van der Waals surface area contributed by atoms with E-state index in [9.17, 15) is 0 Å². The van der Waals surface area contributed by atoms with Crippen molar-refractivity contribution in [2.45, 2.75) is 51.4 Å². The number of ether oxygens (including phenoxy) is 1. The molecule has 2 atom stereocenters. The fourth-order valence-corrected chi connectivity index (χ4v) is 3.00. The predicted octanol–water partition coefficient (Wildman–Crippen LogP) is 2.69.